The number of unbranched alkanes of at least 4 members (excludes halogenated alkanes) is 40. The molecule has 0 aliphatic rings. The predicted octanol–water partition coefficient (Wildman–Crippen LogP) is 18.4. The van der Waals surface area contributed by atoms with E-state index in [1.54, 1.807) is 6.08 Å². The molecular formula is C61H115NO5. The average Bonchev–Trinajstić information content (AvgIpc) is 3.33. The van der Waals surface area contributed by atoms with Gasteiger partial charge in [0, 0.05) is 12.8 Å². The third-order valence-corrected chi connectivity index (χ3v) is 13.7. The number of carbonyl (C=O) groups excluding carboxylic acids is 2. The minimum Gasteiger partial charge on any atom is -0.465 e. The molecule has 0 fully saturated rings. The van der Waals surface area contributed by atoms with Crippen LogP contribution >= 0.6 is 0 Å². The van der Waals surface area contributed by atoms with Crippen LogP contribution in [0.3, 0.4) is 0 Å². The molecule has 0 spiro atoms. The van der Waals surface area contributed by atoms with Gasteiger partial charge in [-0.3, -0.25) is 9.59 Å². The SMILES string of the molecule is CCCCCCCCCC/C=C/C(O)C(CO)NC(=O)CCCCCCCCCCCCCCCC/C=C\C/C=C\CCOC(=O)CCCCCCCCCCCCCCCCCCCCC. The van der Waals surface area contributed by atoms with Crippen LogP contribution in [0.25, 0.3) is 0 Å². The minimum atomic E-state index is -0.846. The van der Waals surface area contributed by atoms with Crippen molar-refractivity contribution in [3.63, 3.8) is 0 Å². The summed E-state index contributed by atoms with van der Waals surface area (Å²) in [5.74, 6) is -0.106. The number of aliphatic hydroxyl groups excluding tert-OH is 2. The van der Waals surface area contributed by atoms with Gasteiger partial charge in [0.25, 0.3) is 0 Å². The maximum Gasteiger partial charge on any atom is 0.305 e. The van der Waals surface area contributed by atoms with Crippen LogP contribution < -0.4 is 5.32 Å². The number of esters is 1. The predicted molar refractivity (Wildman–Crippen MR) is 292 cm³/mol. The number of hydrogen-bond donors (Lipinski definition) is 3. The van der Waals surface area contributed by atoms with Crippen molar-refractivity contribution in [3.05, 3.63) is 36.5 Å². The van der Waals surface area contributed by atoms with Crippen LogP contribution in [-0.4, -0.2) is 47.4 Å². The molecule has 0 aliphatic heterocycles. The quantitative estimate of drug-likeness (QED) is 0.0321. The topological polar surface area (TPSA) is 95.9 Å². The van der Waals surface area contributed by atoms with Gasteiger partial charge in [-0.15, -0.1) is 0 Å². The van der Waals surface area contributed by atoms with E-state index in [0.717, 1.165) is 51.4 Å². The van der Waals surface area contributed by atoms with Crippen LogP contribution in [0.15, 0.2) is 36.5 Å². The molecule has 0 aromatic heterocycles. The molecule has 3 N–H and O–H groups in total. The van der Waals surface area contributed by atoms with Gasteiger partial charge in [0.15, 0.2) is 0 Å². The van der Waals surface area contributed by atoms with Crippen molar-refractivity contribution in [2.75, 3.05) is 13.2 Å². The summed E-state index contributed by atoms with van der Waals surface area (Å²) in [5, 5.41) is 23.0. The summed E-state index contributed by atoms with van der Waals surface area (Å²) in [7, 11) is 0. The molecule has 0 rings (SSSR count). The Morgan fingerprint density at radius 3 is 1.13 bits per heavy atom. The lowest BCUT2D eigenvalue weighted by atomic mass is 10.0. The highest BCUT2D eigenvalue weighted by Crippen LogP contribution is 2.17. The molecule has 0 bridgehead atoms. The number of allylic oxidation sites excluding steroid dienone is 4. The molecule has 0 aliphatic carbocycles. The van der Waals surface area contributed by atoms with E-state index in [-0.39, 0.29) is 18.5 Å². The van der Waals surface area contributed by atoms with Crippen LogP contribution in [0.4, 0.5) is 0 Å². The Kier molecular flexibility index (Phi) is 55.0. The summed E-state index contributed by atoms with van der Waals surface area (Å²) in [5.41, 5.74) is 0. The monoisotopic (exact) mass is 942 g/mol. The van der Waals surface area contributed by atoms with E-state index in [4.69, 9.17) is 4.74 Å². The average molecular weight is 943 g/mol. The largest absolute Gasteiger partial charge is 0.465 e. The smallest absolute Gasteiger partial charge is 0.305 e. The van der Waals surface area contributed by atoms with E-state index < -0.39 is 12.1 Å². The van der Waals surface area contributed by atoms with Crippen molar-refractivity contribution >= 4 is 11.9 Å². The number of carbonyl (C=O) groups is 2. The Morgan fingerprint density at radius 2 is 0.746 bits per heavy atom. The van der Waals surface area contributed by atoms with E-state index in [0.29, 0.717) is 19.4 Å². The Balaban J connectivity index is 3.43. The van der Waals surface area contributed by atoms with Crippen LogP contribution in [0.2, 0.25) is 0 Å². The third-order valence-electron chi connectivity index (χ3n) is 13.7. The molecule has 0 aromatic rings. The first kappa shape index (κ1) is 65.1. The summed E-state index contributed by atoms with van der Waals surface area (Å²) in [6, 6.07) is -0.630. The maximum atomic E-state index is 12.4. The first-order chi connectivity index (χ1) is 33.0. The molecule has 6 heteroatoms. The van der Waals surface area contributed by atoms with Gasteiger partial charge in [-0.1, -0.05) is 288 Å². The van der Waals surface area contributed by atoms with E-state index in [9.17, 15) is 19.8 Å². The number of amides is 1. The van der Waals surface area contributed by atoms with Crippen molar-refractivity contribution in [2.45, 2.75) is 328 Å². The molecule has 0 heterocycles. The lowest BCUT2D eigenvalue weighted by molar-refractivity contribution is -0.143. The standard InChI is InChI=1S/C61H115NO5/c1-3-5-7-9-11-13-15-16-17-18-22-26-29-32-35-39-43-47-51-55-61(66)67-56-52-48-44-40-36-33-30-27-24-21-19-20-23-25-28-31-34-38-42-46-50-54-60(65)62-58(57-63)59(64)53-49-45-41-37-14-12-10-8-6-4-2/h33,36,44,48-49,53,58-59,63-64H,3-32,34-35,37-43,45-47,50-52,54-57H2,1-2H3,(H,62,65)/b36-33-,48-44-,53-49+. The van der Waals surface area contributed by atoms with E-state index in [1.165, 1.54) is 238 Å². The molecule has 2 unspecified atom stereocenters. The minimum absolute atomic E-state index is 0.0313. The number of nitrogens with one attached hydrogen (secondary N) is 1. The highest BCUT2D eigenvalue weighted by molar-refractivity contribution is 5.76. The zero-order valence-corrected chi connectivity index (χ0v) is 44.9. The van der Waals surface area contributed by atoms with Gasteiger partial charge in [-0.25, -0.2) is 0 Å². The van der Waals surface area contributed by atoms with Crippen molar-refractivity contribution in [3.8, 4) is 0 Å². The second-order valence-corrected chi connectivity index (χ2v) is 20.3. The summed E-state index contributed by atoms with van der Waals surface area (Å²) in [6.45, 7) is 4.79. The fourth-order valence-corrected chi connectivity index (χ4v) is 9.12. The van der Waals surface area contributed by atoms with Crippen molar-refractivity contribution in [1.82, 2.24) is 5.32 Å². The van der Waals surface area contributed by atoms with Gasteiger partial charge in [0.05, 0.1) is 25.4 Å². The van der Waals surface area contributed by atoms with Gasteiger partial charge < -0.3 is 20.3 Å². The lowest BCUT2D eigenvalue weighted by Gasteiger charge is -2.20. The molecule has 0 saturated carbocycles. The Hall–Kier alpha value is -1.92. The van der Waals surface area contributed by atoms with E-state index in [1.807, 2.05) is 6.08 Å². The first-order valence-electron chi connectivity index (χ1n) is 29.8. The van der Waals surface area contributed by atoms with E-state index in [2.05, 4.69) is 43.5 Å². The maximum absolute atomic E-state index is 12.4. The van der Waals surface area contributed by atoms with Crippen molar-refractivity contribution in [1.29, 1.82) is 0 Å². The summed E-state index contributed by atoms with van der Waals surface area (Å²) in [4.78, 5) is 24.5. The number of rotatable bonds is 55. The van der Waals surface area contributed by atoms with Crippen molar-refractivity contribution < 1.29 is 24.5 Å². The molecule has 0 radical (unpaired) electrons. The molecular weight excluding hydrogens is 827 g/mol. The van der Waals surface area contributed by atoms with E-state index >= 15 is 0 Å². The molecule has 6 nitrogen and oxygen atoms in total. The summed E-state index contributed by atoms with van der Waals surface area (Å²) in [6.07, 6.45) is 70.6. The van der Waals surface area contributed by atoms with Gasteiger partial charge in [-0.05, 0) is 51.4 Å². The Morgan fingerprint density at radius 1 is 0.418 bits per heavy atom. The summed E-state index contributed by atoms with van der Waals surface area (Å²) >= 11 is 0. The molecule has 394 valence electrons. The highest BCUT2D eigenvalue weighted by atomic mass is 16.5. The van der Waals surface area contributed by atoms with Gasteiger partial charge in [0.1, 0.15) is 0 Å². The number of ether oxygens (including phenoxy) is 1. The van der Waals surface area contributed by atoms with Crippen LogP contribution in [0.5, 0.6) is 0 Å². The van der Waals surface area contributed by atoms with Gasteiger partial charge in [-0.2, -0.15) is 0 Å². The fraction of sp³-hybridized carbons (Fsp3) is 0.869. The van der Waals surface area contributed by atoms with Gasteiger partial charge >= 0.3 is 5.97 Å². The Bertz CT molecular complexity index is 1090. The molecule has 1 amide bonds. The lowest BCUT2D eigenvalue weighted by Crippen LogP contribution is -2.45. The molecule has 2 atom stereocenters. The second kappa shape index (κ2) is 56.7. The molecule has 0 saturated heterocycles. The van der Waals surface area contributed by atoms with Crippen LogP contribution in [0.1, 0.15) is 316 Å². The summed E-state index contributed by atoms with van der Waals surface area (Å²) < 4.78 is 5.43. The zero-order chi connectivity index (χ0) is 48.6. The van der Waals surface area contributed by atoms with Crippen molar-refractivity contribution in [2.24, 2.45) is 0 Å². The zero-order valence-electron chi connectivity index (χ0n) is 44.9. The second-order valence-electron chi connectivity index (χ2n) is 20.3. The highest BCUT2D eigenvalue weighted by Gasteiger charge is 2.18. The van der Waals surface area contributed by atoms with Crippen LogP contribution in [0, 0.1) is 0 Å². The molecule has 67 heavy (non-hydrogen) atoms. The normalized spacial score (nSPS) is 12.8. The Labute approximate surface area is 417 Å². The fourth-order valence-electron chi connectivity index (χ4n) is 9.12. The molecule has 0 aromatic carbocycles. The first-order valence-corrected chi connectivity index (χ1v) is 29.8. The van der Waals surface area contributed by atoms with Gasteiger partial charge in [0.2, 0.25) is 5.91 Å². The third kappa shape index (κ3) is 53.3. The number of hydrogen-bond acceptors (Lipinski definition) is 5. The van der Waals surface area contributed by atoms with Crippen LogP contribution in [-0.2, 0) is 14.3 Å². The number of aliphatic hydroxyl groups is 2.